The second-order valence-electron chi connectivity index (χ2n) is 11.7. The van der Waals surface area contributed by atoms with E-state index in [9.17, 15) is 4.79 Å². The van der Waals surface area contributed by atoms with E-state index in [-0.39, 0.29) is 5.91 Å². The van der Waals surface area contributed by atoms with Gasteiger partial charge < -0.3 is 19.1 Å². The first-order valence-corrected chi connectivity index (χ1v) is 17.1. The molecule has 0 bridgehead atoms. The van der Waals surface area contributed by atoms with Crippen LogP contribution in [-0.4, -0.2) is 79.3 Å². The lowest BCUT2D eigenvalue weighted by Gasteiger charge is -2.45. The molecule has 8 nitrogen and oxygen atoms in total. The van der Waals surface area contributed by atoms with E-state index in [1.165, 1.54) is 0 Å². The fraction of sp³-hybridized carbons (Fsp3) is 0.667. The standard InChI is InChI=1S/C27H42N6O2Si/c1-6-31-19-33(22-9-7-21(8-10-22)18-30(2)14-12-28)25-23-11-13-32(20-35-15-16-36(3,4)5)26(23)29-17-24(25)27(31)34/h11,13,17,21-22H,6-10,14-16,18-20H2,1-5H3. The smallest absolute Gasteiger partial charge is 0.258 e. The first-order valence-electron chi connectivity index (χ1n) is 13.4. The van der Waals surface area contributed by atoms with Gasteiger partial charge in [-0.1, -0.05) is 19.6 Å². The van der Waals surface area contributed by atoms with Crippen molar-refractivity contribution in [3.63, 3.8) is 0 Å². The molecular formula is C27H42N6O2Si. The van der Waals surface area contributed by atoms with Crippen molar-refractivity contribution in [1.82, 2.24) is 19.4 Å². The van der Waals surface area contributed by atoms with Crippen LogP contribution in [0.1, 0.15) is 43.0 Å². The third kappa shape index (κ3) is 5.93. The number of fused-ring (bicyclic) bond motifs is 3. The summed E-state index contributed by atoms with van der Waals surface area (Å²) in [5.41, 5.74) is 2.64. The summed E-state index contributed by atoms with van der Waals surface area (Å²) in [6.45, 7) is 13.1. The zero-order valence-corrected chi connectivity index (χ0v) is 23.7. The Hall–Kier alpha value is -2.41. The van der Waals surface area contributed by atoms with Crippen LogP contribution in [0.25, 0.3) is 11.0 Å². The number of anilines is 1. The fourth-order valence-electron chi connectivity index (χ4n) is 5.53. The van der Waals surface area contributed by atoms with Crippen LogP contribution in [0.3, 0.4) is 0 Å². The molecule has 4 rings (SSSR count). The number of aromatic nitrogens is 2. The van der Waals surface area contributed by atoms with Crippen molar-refractivity contribution in [2.75, 3.05) is 44.9 Å². The Morgan fingerprint density at radius 3 is 2.67 bits per heavy atom. The van der Waals surface area contributed by atoms with Crippen LogP contribution in [0.4, 0.5) is 5.69 Å². The highest BCUT2D eigenvalue weighted by atomic mass is 28.3. The molecular weight excluding hydrogens is 468 g/mol. The van der Waals surface area contributed by atoms with Gasteiger partial charge in [-0.25, -0.2) is 4.98 Å². The van der Waals surface area contributed by atoms with Crippen molar-refractivity contribution >= 4 is 30.7 Å². The quantitative estimate of drug-likeness (QED) is 0.264. The number of pyridine rings is 1. The van der Waals surface area contributed by atoms with Crippen LogP contribution in [0.15, 0.2) is 18.5 Å². The normalized spacial score (nSPS) is 20.8. The summed E-state index contributed by atoms with van der Waals surface area (Å²) < 4.78 is 8.08. The number of hydrogen-bond donors (Lipinski definition) is 0. The molecule has 9 heteroatoms. The van der Waals surface area contributed by atoms with Gasteiger partial charge in [0, 0.05) is 51.6 Å². The lowest BCUT2D eigenvalue weighted by atomic mass is 9.84. The van der Waals surface area contributed by atoms with Crippen LogP contribution in [-0.2, 0) is 11.5 Å². The van der Waals surface area contributed by atoms with Gasteiger partial charge in [-0.2, -0.15) is 5.26 Å². The number of amides is 1. The number of hydrogen-bond acceptors (Lipinski definition) is 6. The van der Waals surface area contributed by atoms with Crippen LogP contribution in [0.2, 0.25) is 25.7 Å². The van der Waals surface area contributed by atoms with E-state index in [1.807, 2.05) is 25.1 Å². The van der Waals surface area contributed by atoms with E-state index in [4.69, 9.17) is 15.0 Å². The van der Waals surface area contributed by atoms with E-state index >= 15 is 0 Å². The molecule has 0 spiro atoms. The molecule has 1 saturated carbocycles. The van der Waals surface area contributed by atoms with E-state index < -0.39 is 8.07 Å². The SMILES string of the molecule is CCN1CN(C2CCC(CN(C)CC#N)CC2)c2c(cnc3c2ccn3COCC[Si](C)(C)C)C1=O. The lowest BCUT2D eigenvalue weighted by Crippen LogP contribution is -2.51. The molecule has 0 radical (unpaired) electrons. The molecule has 0 aromatic carbocycles. The van der Waals surface area contributed by atoms with E-state index in [2.05, 4.69) is 46.1 Å². The van der Waals surface area contributed by atoms with Gasteiger partial charge in [0.05, 0.1) is 30.5 Å². The van der Waals surface area contributed by atoms with Crippen LogP contribution in [0, 0.1) is 17.2 Å². The minimum absolute atomic E-state index is 0.0732. The molecule has 0 saturated heterocycles. The number of ether oxygens (including phenoxy) is 1. The van der Waals surface area contributed by atoms with Crippen molar-refractivity contribution in [3.05, 3.63) is 24.0 Å². The Kier molecular flexibility index (Phi) is 8.38. The van der Waals surface area contributed by atoms with Crippen molar-refractivity contribution < 1.29 is 9.53 Å². The molecule has 1 aliphatic carbocycles. The predicted molar refractivity (Wildman–Crippen MR) is 147 cm³/mol. The molecule has 2 aromatic heterocycles. The van der Waals surface area contributed by atoms with Gasteiger partial charge in [0.25, 0.3) is 5.91 Å². The molecule has 1 amide bonds. The third-order valence-electron chi connectivity index (χ3n) is 7.66. The van der Waals surface area contributed by atoms with Gasteiger partial charge in [-0.3, -0.25) is 9.69 Å². The van der Waals surface area contributed by atoms with E-state index in [0.717, 1.165) is 61.6 Å². The minimum Gasteiger partial charge on any atom is -0.361 e. The van der Waals surface area contributed by atoms with Crippen LogP contribution in [0.5, 0.6) is 0 Å². The summed E-state index contributed by atoms with van der Waals surface area (Å²) in [5.74, 6) is 0.698. The summed E-state index contributed by atoms with van der Waals surface area (Å²) >= 11 is 0. The molecule has 2 aliphatic rings. The Morgan fingerprint density at radius 1 is 1.25 bits per heavy atom. The maximum atomic E-state index is 13.3. The van der Waals surface area contributed by atoms with Crippen molar-refractivity contribution in [2.24, 2.45) is 5.92 Å². The van der Waals surface area contributed by atoms with Crippen molar-refractivity contribution in [2.45, 2.75) is 71.1 Å². The monoisotopic (exact) mass is 510 g/mol. The number of nitrogens with zero attached hydrogens (tertiary/aromatic N) is 6. The molecule has 1 fully saturated rings. The highest BCUT2D eigenvalue weighted by molar-refractivity contribution is 6.76. The average molecular weight is 511 g/mol. The molecule has 0 N–H and O–H groups in total. The van der Waals surface area contributed by atoms with Gasteiger partial charge in [-0.15, -0.1) is 0 Å². The highest BCUT2D eigenvalue weighted by Gasteiger charge is 2.36. The summed E-state index contributed by atoms with van der Waals surface area (Å²) in [5, 5.41) is 10.0. The number of carbonyl (C=O) groups is 1. The zero-order valence-electron chi connectivity index (χ0n) is 22.7. The van der Waals surface area contributed by atoms with Gasteiger partial charge >= 0.3 is 0 Å². The second-order valence-corrected chi connectivity index (χ2v) is 17.3. The molecule has 1 aliphatic heterocycles. The Balaban J connectivity index is 1.55. The van der Waals surface area contributed by atoms with Crippen molar-refractivity contribution in [1.29, 1.82) is 5.26 Å². The second kappa shape index (κ2) is 11.3. The molecule has 3 heterocycles. The third-order valence-corrected chi connectivity index (χ3v) is 9.37. The fourth-order valence-corrected chi connectivity index (χ4v) is 6.29. The number of carbonyl (C=O) groups excluding carboxylic acids is 1. The Labute approximate surface area is 216 Å². The summed E-state index contributed by atoms with van der Waals surface area (Å²) in [7, 11) is 0.899. The predicted octanol–water partition coefficient (Wildman–Crippen LogP) is 4.60. The summed E-state index contributed by atoms with van der Waals surface area (Å²) in [6.07, 6.45) is 8.30. The zero-order chi connectivity index (χ0) is 25.9. The first kappa shape index (κ1) is 26.6. The lowest BCUT2D eigenvalue weighted by molar-refractivity contribution is 0.0740. The van der Waals surface area contributed by atoms with Crippen LogP contribution >= 0.6 is 0 Å². The number of rotatable bonds is 10. The van der Waals surface area contributed by atoms with Gasteiger partial charge in [-0.05, 0) is 57.7 Å². The topological polar surface area (TPSA) is 77.6 Å². The first-order chi connectivity index (χ1) is 17.2. The van der Waals surface area contributed by atoms with Gasteiger partial charge in [0.1, 0.15) is 12.4 Å². The Morgan fingerprint density at radius 2 is 2.00 bits per heavy atom. The number of nitriles is 1. The Bertz CT molecular complexity index is 1100. The molecule has 36 heavy (non-hydrogen) atoms. The minimum atomic E-state index is -1.13. The maximum absolute atomic E-state index is 13.3. The highest BCUT2D eigenvalue weighted by Crippen LogP contribution is 2.39. The van der Waals surface area contributed by atoms with E-state index in [1.54, 1.807) is 6.20 Å². The summed E-state index contributed by atoms with van der Waals surface area (Å²) in [6, 6.07) is 5.89. The van der Waals surface area contributed by atoms with Gasteiger partial charge in [0.2, 0.25) is 0 Å². The molecule has 196 valence electrons. The summed E-state index contributed by atoms with van der Waals surface area (Å²) in [4.78, 5) is 24.5. The van der Waals surface area contributed by atoms with Crippen molar-refractivity contribution in [3.8, 4) is 6.07 Å². The molecule has 0 atom stereocenters. The van der Waals surface area contributed by atoms with E-state index in [0.29, 0.717) is 44.0 Å². The molecule has 0 unspecified atom stereocenters. The van der Waals surface area contributed by atoms with Crippen LogP contribution < -0.4 is 4.90 Å². The largest absolute Gasteiger partial charge is 0.361 e. The molecule has 2 aromatic rings. The van der Waals surface area contributed by atoms with Gasteiger partial charge in [0.15, 0.2) is 0 Å². The maximum Gasteiger partial charge on any atom is 0.258 e. The average Bonchev–Trinajstić information content (AvgIpc) is 3.25.